The highest BCUT2D eigenvalue weighted by Crippen LogP contribution is 2.59. The molecule has 0 saturated heterocycles. The van der Waals surface area contributed by atoms with Crippen molar-refractivity contribution in [3.05, 3.63) is 53.1 Å². The van der Waals surface area contributed by atoms with Crippen LogP contribution in [0.15, 0.2) is 47.6 Å². The van der Waals surface area contributed by atoms with Gasteiger partial charge in [0.15, 0.2) is 0 Å². The van der Waals surface area contributed by atoms with Crippen molar-refractivity contribution in [2.45, 2.75) is 41.0 Å². The zero-order chi connectivity index (χ0) is 18.6. The van der Waals surface area contributed by atoms with Crippen molar-refractivity contribution in [1.82, 2.24) is 0 Å². The molecule has 1 fully saturated rings. The number of carbonyl (C=O) groups excluding carboxylic acids is 1. The number of rotatable bonds is 6. The summed E-state index contributed by atoms with van der Waals surface area (Å²) < 4.78 is 5.60. The first-order chi connectivity index (χ1) is 11.8. The average Bonchev–Trinajstić information content (AvgIpc) is 3.11. The van der Waals surface area contributed by atoms with Gasteiger partial charge in [0.05, 0.1) is 5.92 Å². The molecule has 1 saturated carbocycles. The normalized spacial score (nSPS) is 21.6. The second-order valence-corrected chi connectivity index (χ2v) is 7.50. The number of hydrogen-bond donors (Lipinski definition) is 0. The highest BCUT2D eigenvalue weighted by atomic mass is 16.5. The number of benzene rings is 1. The Bertz CT molecular complexity index is 725. The lowest BCUT2D eigenvalue weighted by molar-refractivity contribution is -0.145. The molecule has 0 bridgehead atoms. The maximum absolute atomic E-state index is 12.5. The number of terminal acetylenes is 1. The zero-order valence-electron chi connectivity index (χ0n) is 15.9. The van der Waals surface area contributed by atoms with E-state index in [1.807, 2.05) is 30.3 Å². The van der Waals surface area contributed by atoms with Gasteiger partial charge in [-0.25, -0.2) is 0 Å². The van der Waals surface area contributed by atoms with Gasteiger partial charge in [0.1, 0.15) is 6.61 Å². The third-order valence-electron chi connectivity index (χ3n) is 5.05. The Morgan fingerprint density at radius 3 is 2.44 bits per heavy atom. The van der Waals surface area contributed by atoms with Crippen LogP contribution in [0.25, 0.3) is 5.57 Å². The number of esters is 1. The Kier molecular flexibility index (Phi) is 5.90. The van der Waals surface area contributed by atoms with Crippen LogP contribution in [0.3, 0.4) is 0 Å². The molecule has 1 aromatic carbocycles. The van der Waals surface area contributed by atoms with E-state index in [0.29, 0.717) is 0 Å². The van der Waals surface area contributed by atoms with E-state index < -0.39 is 0 Å². The van der Waals surface area contributed by atoms with Gasteiger partial charge in [0.25, 0.3) is 0 Å². The van der Waals surface area contributed by atoms with Crippen LogP contribution in [-0.4, -0.2) is 12.6 Å². The van der Waals surface area contributed by atoms with Crippen LogP contribution in [-0.2, 0) is 9.53 Å². The van der Waals surface area contributed by atoms with E-state index in [0.717, 1.165) is 23.1 Å². The largest absolute Gasteiger partial charge is 0.460 e. The van der Waals surface area contributed by atoms with E-state index in [1.165, 1.54) is 5.57 Å². The average molecular weight is 336 g/mol. The summed E-state index contributed by atoms with van der Waals surface area (Å²) in [4.78, 5) is 12.5. The Morgan fingerprint density at radius 1 is 1.28 bits per heavy atom. The molecular weight excluding hydrogens is 308 g/mol. The summed E-state index contributed by atoms with van der Waals surface area (Å²) in [5, 5.41) is 0. The summed E-state index contributed by atoms with van der Waals surface area (Å²) in [7, 11) is 0. The molecule has 2 rings (SSSR count). The quantitative estimate of drug-likeness (QED) is 0.402. The van der Waals surface area contributed by atoms with Gasteiger partial charge in [0.2, 0.25) is 0 Å². The van der Waals surface area contributed by atoms with Gasteiger partial charge >= 0.3 is 5.97 Å². The van der Waals surface area contributed by atoms with Gasteiger partial charge in [-0.05, 0) is 42.7 Å². The van der Waals surface area contributed by atoms with Crippen molar-refractivity contribution < 1.29 is 9.53 Å². The number of carbonyl (C=O) groups is 1. The Labute approximate surface area is 152 Å². The molecule has 1 aliphatic rings. The predicted octanol–water partition coefficient (Wildman–Crippen LogP) is 5.27. The third kappa shape index (κ3) is 4.23. The first kappa shape index (κ1) is 19.1. The standard InChI is InChI=1S/C23H28O2/c1-7-17(19(8-2)18-12-10-9-11-13-18)15-25-22(24)21-20(14-16(3)4)23(21,5)6/h1,9-14,20-21H,8,15H2,2-6H3/b19-17+. The topological polar surface area (TPSA) is 26.3 Å². The lowest BCUT2D eigenvalue weighted by Gasteiger charge is -2.11. The highest BCUT2D eigenvalue weighted by molar-refractivity contribution is 5.79. The highest BCUT2D eigenvalue weighted by Gasteiger charge is 2.61. The molecule has 2 nitrogen and oxygen atoms in total. The van der Waals surface area contributed by atoms with E-state index in [9.17, 15) is 4.79 Å². The van der Waals surface area contributed by atoms with Crippen molar-refractivity contribution in [3.63, 3.8) is 0 Å². The summed E-state index contributed by atoms with van der Waals surface area (Å²) in [6.07, 6.45) is 8.68. The van der Waals surface area contributed by atoms with Crippen LogP contribution < -0.4 is 0 Å². The molecule has 0 aromatic heterocycles. The van der Waals surface area contributed by atoms with Gasteiger partial charge in [-0.2, -0.15) is 0 Å². The first-order valence-electron chi connectivity index (χ1n) is 8.88. The van der Waals surface area contributed by atoms with Gasteiger partial charge < -0.3 is 4.74 Å². The smallest absolute Gasteiger partial charge is 0.310 e. The van der Waals surface area contributed by atoms with Crippen molar-refractivity contribution >= 4 is 11.5 Å². The molecule has 2 heteroatoms. The fourth-order valence-electron chi connectivity index (χ4n) is 3.48. The lowest BCUT2D eigenvalue weighted by Crippen LogP contribution is -2.13. The Hall–Kier alpha value is -2.27. The van der Waals surface area contributed by atoms with E-state index in [2.05, 4.69) is 46.6 Å². The first-order valence-corrected chi connectivity index (χ1v) is 8.88. The molecule has 132 valence electrons. The third-order valence-corrected chi connectivity index (χ3v) is 5.05. The molecule has 25 heavy (non-hydrogen) atoms. The van der Waals surface area contributed by atoms with Crippen LogP contribution in [0.4, 0.5) is 0 Å². The fraction of sp³-hybridized carbons (Fsp3) is 0.435. The van der Waals surface area contributed by atoms with Crippen LogP contribution in [0, 0.1) is 29.6 Å². The molecule has 2 unspecified atom stereocenters. The molecule has 0 N–H and O–H groups in total. The van der Waals surface area contributed by atoms with E-state index in [1.54, 1.807) is 0 Å². The maximum atomic E-state index is 12.5. The van der Waals surface area contributed by atoms with Crippen LogP contribution in [0.5, 0.6) is 0 Å². The molecule has 0 spiro atoms. The SMILES string of the molecule is C#C/C(COC(=O)C1C(C=C(C)C)C1(C)C)=C(/CC)c1ccccc1. The van der Waals surface area contributed by atoms with Crippen LogP contribution in [0.2, 0.25) is 0 Å². The molecule has 2 atom stereocenters. The van der Waals surface area contributed by atoms with E-state index in [4.69, 9.17) is 11.2 Å². The van der Waals surface area contributed by atoms with Crippen molar-refractivity contribution in [3.8, 4) is 12.3 Å². The summed E-state index contributed by atoms with van der Waals surface area (Å²) in [5.41, 5.74) is 4.09. The minimum absolute atomic E-state index is 0.0403. The summed E-state index contributed by atoms with van der Waals surface area (Å²) in [5.74, 6) is 2.74. The van der Waals surface area contributed by atoms with Crippen molar-refractivity contribution in [2.24, 2.45) is 17.3 Å². The minimum atomic E-state index is -0.149. The van der Waals surface area contributed by atoms with Crippen LogP contribution in [0.1, 0.15) is 46.6 Å². The molecule has 1 aliphatic carbocycles. The summed E-state index contributed by atoms with van der Waals surface area (Å²) in [6.45, 7) is 10.6. The van der Waals surface area contributed by atoms with Gasteiger partial charge in [-0.15, -0.1) is 6.42 Å². The van der Waals surface area contributed by atoms with Gasteiger partial charge in [0, 0.05) is 5.57 Å². The van der Waals surface area contributed by atoms with Crippen LogP contribution >= 0.6 is 0 Å². The molecule has 0 aliphatic heterocycles. The summed E-state index contributed by atoms with van der Waals surface area (Å²) in [6, 6.07) is 10.0. The van der Waals surface area contributed by atoms with Gasteiger partial charge in [-0.3, -0.25) is 4.79 Å². The minimum Gasteiger partial charge on any atom is -0.460 e. The Morgan fingerprint density at radius 2 is 1.92 bits per heavy atom. The predicted molar refractivity (Wildman–Crippen MR) is 104 cm³/mol. The lowest BCUT2D eigenvalue weighted by atomic mass is 9.98. The van der Waals surface area contributed by atoms with E-state index >= 15 is 0 Å². The second kappa shape index (κ2) is 7.74. The molecule has 0 radical (unpaired) electrons. The molecule has 1 aromatic rings. The number of ether oxygens (including phenoxy) is 1. The van der Waals surface area contributed by atoms with E-state index in [-0.39, 0.29) is 29.8 Å². The Balaban J connectivity index is 2.11. The van der Waals surface area contributed by atoms with Crippen molar-refractivity contribution in [1.29, 1.82) is 0 Å². The fourth-order valence-corrected chi connectivity index (χ4v) is 3.48. The summed E-state index contributed by atoms with van der Waals surface area (Å²) >= 11 is 0. The molecular formula is C23H28O2. The number of hydrogen-bond acceptors (Lipinski definition) is 2. The monoisotopic (exact) mass is 336 g/mol. The molecule has 0 heterocycles. The molecule has 0 amide bonds. The number of allylic oxidation sites excluding steroid dienone is 3. The maximum Gasteiger partial charge on any atom is 0.310 e. The van der Waals surface area contributed by atoms with Crippen molar-refractivity contribution in [2.75, 3.05) is 6.61 Å². The second-order valence-electron chi connectivity index (χ2n) is 7.50. The zero-order valence-corrected chi connectivity index (χ0v) is 15.9. The van der Waals surface area contributed by atoms with Gasteiger partial charge in [-0.1, -0.05) is 68.7 Å².